The van der Waals surface area contributed by atoms with E-state index in [0.717, 1.165) is 23.3 Å². The molecular formula is C19H20N8O2. The summed E-state index contributed by atoms with van der Waals surface area (Å²) in [5, 5.41) is 10.7. The third-order valence-electron chi connectivity index (χ3n) is 3.98. The van der Waals surface area contributed by atoms with Gasteiger partial charge in [-0.2, -0.15) is 15.1 Å². The summed E-state index contributed by atoms with van der Waals surface area (Å²) >= 11 is 0. The molecule has 0 atom stereocenters. The molecule has 0 radical (unpaired) electrons. The lowest BCUT2D eigenvalue weighted by Gasteiger charge is -2.11. The molecule has 0 amide bonds. The average molecular weight is 392 g/mol. The van der Waals surface area contributed by atoms with E-state index in [2.05, 4.69) is 35.5 Å². The Morgan fingerprint density at radius 1 is 1.03 bits per heavy atom. The van der Waals surface area contributed by atoms with E-state index in [1.807, 2.05) is 37.2 Å². The van der Waals surface area contributed by atoms with E-state index in [-0.39, 0.29) is 6.01 Å². The molecule has 0 bridgehead atoms. The summed E-state index contributed by atoms with van der Waals surface area (Å²) in [6.45, 7) is 1.37. The van der Waals surface area contributed by atoms with E-state index in [9.17, 15) is 0 Å². The standard InChI is InChI=1S/C19H20N8O2/c1-27(2)7-8-28-14-10-20-19(21-11-14)29-13-3-4-16-15(9-13)18(23-12-22-16)25-17-5-6-24-26-17/h3-6,9-12H,7-8H2,1-2H3,(H2,22,23,24,25,26). The Balaban J connectivity index is 1.49. The van der Waals surface area contributed by atoms with Crippen LogP contribution in [0.1, 0.15) is 0 Å². The number of H-pyrrole nitrogens is 1. The van der Waals surface area contributed by atoms with Gasteiger partial charge in [-0.1, -0.05) is 0 Å². The topological polar surface area (TPSA) is 114 Å². The molecule has 1 aromatic carbocycles. The first-order valence-electron chi connectivity index (χ1n) is 8.96. The van der Waals surface area contributed by atoms with Crippen LogP contribution in [0, 0.1) is 0 Å². The quantitative estimate of drug-likeness (QED) is 0.467. The van der Waals surface area contributed by atoms with E-state index in [1.165, 1.54) is 6.33 Å². The number of rotatable bonds is 8. The van der Waals surface area contributed by atoms with E-state index in [4.69, 9.17) is 9.47 Å². The number of aromatic amines is 1. The minimum Gasteiger partial charge on any atom is -0.489 e. The van der Waals surface area contributed by atoms with Crippen LogP contribution >= 0.6 is 0 Å². The Morgan fingerprint density at radius 3 is 2.66 bits per heavy atom. The largest absolute Gasteiger partial charge is 0.489 e. The lowest BCUT2D eigenvalue weighted by molar-refractivity contribution is 0.259. The second-order valence-corrected chi connectivity index (χ2v) is 6.45. The molecule has 0 fully saturated rings. The van der Waals surface area contributed by atoms with E-state index < -0.39 is 0 Å². The van der Waals surface area contributed by atoms with Crippen molar-refractivity contribution in [2.24, 2.45) is 0 Å². The van der Waals surface area contributed by atoms with Crippen LogP contribution in [0.25, 0.3) is 10.9 Å². The van der Waals surface area contributed by atoms with Crippen LogP contribution in [0.2, 0.25) is 0 Å². The van der Waals surface area contributed by atoms with Crippen molar-refractivity contribution in [3.05, 3.63) is 49.2 Å². The summed E-state index contributed by atoms with van der Waals surface area (Å²) < 4.78 is 11.4. The van der Waals surface area contributed by atoms with Gasteiger partial charge in [0, 0.05) is 18.0 Å². The molecule has 3 aromatic heterocycles. The second-order valence-electron chi connectivity index (χ2n) is 6.45. The third-order valence-corrected chi connectivity index (χ3v) is 3.98. The zero-order valence-electron chi connectivity index (χ0n) is 16.0. The van der Waals surface area contributed by atoms with Gasteiger partial charge in [-0.05, 0) is 32.3 Å². The van der Waals surface area contributed by atoms with Crippen molar-refractivity contribution in [1.29, 1.82) is 0 Å². The molecule has 4 aromatic rings. The summed E-state index contributed by atoms with van der Waals surface area (Å²) in [6, 6.07) is 7.52. The molecule has 3 heterocycles. The number of fused-ring (bicyclic) bond motifs is 1. The molecule has 2 N–H and O–H groups in total. The van der Waals surface area contributed by atoms with E-state index in [1.54, 1.807) is 24.7 Å². The minimum absolute atomic E-state index is 0.226. The predicted octanol–water partition coefficient (Wildman–Crippen LogP) is 2.62. The van der Waals surface area contributed by atoms with E-state index in [0.29, 0.717) is 23.9 Å². The van der Waals surface area contributed by atoms with Crippen LogP contribution in [0.5, 0.6) is 17.5 Å². The maximum absolute atomic E-state index is 5.78. The highest BCUT2D eigenvalue weighted by Crippen LogP contribution is 2.28. The summed E-state index contributed by atoms with van der Waals surface area (Å²) in [4.78, 5) is 19.0. The second kappa shape index (κ2) is 8.48. The molecule has 0 aliphatic heterocycles. The molecular weight excluding hydrogens is 372 g/mol. The van der Waals surface area contributed by atoms with Gasteiger partial charge in [0.2, 0.25) is 0 Å². The number of anilines is 2. The Hall–Kier alpha value is -3.79. The van der Waals surface area contributed by atoms with Crippen molar-refractivity contribution in [2.45, 2.75) is 0 Å². The van der Waals surface area contributed by atoms with Gasteiger partial charge in [0.05, 0.1) is 24.1 Å². The van der Waals surface area contributed by atoms with Gasteiger partial charge in [0.25, 0.3) is 0 Å². The molecule has 0 saturated heterocycles. The van der Waals surface area contributed by atoms with Crippen LogP contribution < -0.4 is 14.8 Å². The zero-order valence-corrected chi connectivity index (χ0v) is 16.0. The van der Waals surface area contributed by atoms with Crippen LogP contribution in [0.15, 0.2) is 49.2 Å². The van der Waals surface area contributed by atoms with Gasteiger partial charge >= 0.3 is 6.01 Å². The fourth-order valence-corrected chi connectivity index (χ4v) is 2.53. The maximum Gasteiger partial charge on any atom is 0.322 e. The number of ether oxygens (including phenoxy) is 2. The number of hydrogen-bond donors (Lipinski definition) is 2. The number of likely N-dealkylation sites (N-methyl/N-ethyl adjacent to an activating group) is 1. The van der Waals surface area contributed by atoms with Gasteiger partial charge in [-0.15, -0.1) is 0 Å². The molecule has 0 unspecified atom stereocenters. The van der Waals surface area contributed by atoms with Gasteiger partial charge in [0.15, 0.2) is 5.75 Å². The summed E-state index contributed by atoms with van der Waals surface area (Å²) in [5.74, 6) is 2.53. The molecule has 29 heavy (non-hydrogen) atoms. The minimum atomic E-state index is 0.226. The van der Waals surface area contributed by atoms with Crippen LogP contribution in [-0.4, -0.2) is 62.3 Å². The molecule has 0 aliphatic carbocycles. The van der Waals surface area contributed by atoms with Gasteiger partial charge in [0.1, 0.15) is 30.3 Å². The van der Waals surface area contributed by atoms with E-state index >= 15 is 0 Å². The first-order valence-corrected chi connectivity index (χ1v) is 8.96. The van der Waals surface area contributed by atoms with Crippen molar-refractivity contribution in [3.8, 4) is 17.5 Å². The Bertz CT molecular complexity index is 1070. The van der Waals surface area contributed by atoms with Gasteiger partial charge < -0.3 is 19.7 Å². The van der Waals surface area contributed by atoms with Crippen molar-refractivity contribution in [3.63, 3.8) is 0 Å². The van der Waals surface area contributed by atoms with Crippen molar-refractivity contribution in [1.82, 2.24) is 35.0 Å². The highest BCUT2D eigenvalue weighted by Gasteiger charge is 2.08. The summed E-state index contributed by atoms with van der Waals surface area (Å²) in [5.41, 5.74) is 0.778. The first-order chi connectivity index (χ1) is 14.2. The fraction of sp³-hybridized carbons (Fsp3) is 0.211. The summed E-state index contributed by atoms with van der Waals surface area (Å²) in [7, 11) is 3.97. The molecule has 4 rings (SSSR count). The normalized spacial score (nSPS) is 11.0. The molecule has 148 valence electrons. The molecule has 10 heteroatoms. The maximum atomic E-state index is 5.78. The van der Waals surface area contributed by atoms with Crippen LogP contribution in [0.4, 0.5) is 11.6 Å². The number of hydrogen-bond acceptors (Lipinski definition) is 9. The van der Waals surface area contributed by atoms with Crippen LogP contribution in [-0.2, 0) is 0 Å². The lowest BCUT2D eigenvalue weighted by Crippen LogP contribution is -2.19. The van der Waals surface area contributed by atoms with Gasteiger partial charge in [-0.3, -0.25) is 5.10 Å². The Morgan fingerprint density at radius 2 is 1.90 bits per heavy atom. The average Bonchev–Trinajstić information content (AvgIpc) is 3.23. The van der Waals surface area contributed by atoms with Crippen molar-refractivity contribution < 1.29 is 9.47 Å². The summed E-state index contributed by atoms with van der Waals surface area (Å²) in [6.07, 6.45) is 6.34. The number of nitrogens with zero attached hydrogens (tertiary/aromatic N) is 6. The highest BCUT2D eigenvalue weighted by atomic mass is 16.5. The van der Waals surface area contributed by atoms with Crippen molar-refractivity contribution >= 4 is 22.5 Å². The third kappa shape index (κ3) is 4.74. The lowest BCUT2D eigenvalue weighted by atomic mass is 10.2. The highest BCUT2D eigenvalue weighted by molar-refractivity contribution is 5.91. The SMILES string of the molecule is CN(C)CCOc1cnc(Oc2ccc3ncnc(Nc4ccn[nH]4)c3c2)nc1. The molecule has 0 spiro atoms. The Labute approximate surface area is 166 Å². The molecule has 0 aliphatic rings. The number of benzene rings is 1. The zero-order chi connectivity index (χ0) is 20.1. The van der Waals surface area contributed by atoms with Crippen LogP contribution in [0.3, 0.4) is 0 Å². The smallest absolute Gasteiger partial charge is 0.322 e. The monoisotopic (exact) mass is 392 g/mol. The fourth-order valence-electron chi connectivity index (χ4n) is 2.53. The molecule has 0 saturated carbocycles. The molecule has 10 nitrogen and oxygen atoms in total. The number of nitrogens with one attached hydrogen (secondary N) is 2. The first kappa shape index (κ1) is 18.6. The number of aromatic nitrogens is 6. The van der Waals surface area contributed by atoms with Gasteiger partial charge in [-0.25, -0.2) is 9.97 Å². The van der Waals surface area contributed by atoms with Crippen molar-refractivity contribution in [2.75, 3.05) is 32.6 Å². The predicted molar refractivity (Wildman–Crippen MR) is 108 cm³/mol. The Kier molecular flexibility index (Phi) is 5.43.